The van der Waals surface area contributed by atoms with Gasteiger partial charge in [-0.1, -0.05) is 12.1 Å². The van der Waals surface area contributed by atoms with E-state index in [0.29, 0.717) is 0 Å². The van der Waals surface area contributed by atoms with Gasteiger partial charge in [0.2, 0.25) is 0 Å². The minimum Gasteiger partial charge on any atom is -0.488 e. The van der Waals surface area contributed by atoms with Crippen molar-refractivity contribution in [3.63, 3.8) is 0 Å². The maximum atomic E-state index is 13.7. The van der Waals surface area contributed by atoms with E-state index in [4.69, 9.17) is 15.1 Å². The van der Waals surface area contributed by atoms with Crippen LogP contribution in [0, 0.1) is 23.0 Å². The number of benzene rings is 2. The first kappa shape index (κ1) is 14.5. The highest BCUT2D eigenvalue weighted by Crippen LogP contribution is 2.23. The van der Waals surface area contributed by atoms with Crippen molar-refractivity contribution in [1.82, 2.24) is 0 Å². The lowest BCUT2D eigenvalue weighted by atomic mass is 10.1. The van der Waals surface area contributed by atoms with Crippen molar-refractivity contribution in [3.8, 4) is 11.8 Å². The van der Waals surface area contributed by atoms with Gasteiger partial charge in [-0.3, -0.25) is 0 Å². The summed E-state index contributed by atoms with van der Waals surface area (Å²) in [5, 5.41) is 17.6. The van der Waals surface area contributed by atoms with Crippen molar-refractivity contribution in [2.75, 3.05) is 0 Å². The van der Waals surface area contributed by atoms with Crippen LogP contribution in [0.15, 0.2) is 36.4 Å². The predicted molar refractivity (Wildman–Crippen MR) is 68.8 cm³/mol. The van der Waals surface area contributed by atoms with Crippen molar-refractivity contribution in [2.45, 2.75) is 6.61 Å². The molecule has 0 amide bonds. The van der Waals surface area contributed by atoms with Crippen molar-refractivity contribution in [2.24, 2.45) is 0 Å². The number of nitriles is 1. The number of nitrogens with zero attached hydrogens (tertiary/aromatic N) is 1. The number of ether oxygens (including phenoxy) is 1. The molecule has 0 aliphatic rings. The summed E-state index contributed by atoms with van der Waals surface area (Å²) in [6.07, 6.45) is 0. The van der Waals surface area contributed by atoms with Crippen LogP contribution in [0.4, 0.5) is 8.78 Å². The molecule has 21 heavy (non-hydrogen) atoms. The molecule has 0 saturated heterocycles. The van der Waals surface area contributed by atoms with E-state index in [1.165, 1.54) is 24.3 Å². The van der Waals surface area contributed by atoms with E-state index in [9.17, 15) is 13.6 Å². The fraction of sp³-hybridized carbons (Fsp3) is 0.0667. The van der Waals surface area contributed by atoms with Crippen LogP contribution in [0.1, 0.15) is 21.5 Å². The Morgan fingerprint density at radius 2 is 2.00 bits per heavy atom. The number of hydrogen-bond donors (Lipinski definition) is 1. The zero-order chi connectivity index (χ0) is 15.4. The number of carboxylic acid groups (broad SMARTS) is 1. The van der Waals surface area contributed by atoms with Gasteiger partial charge in [0.05, 0.1) is 11.6 Å². The minimum absolute atomic E-state index is 0.134. The number of aromatic carboxylic acids is 1. The Morgan fingerprint density at radius 1 is 1.24 bits per heavy atom. The van der Waals surface area contributed by atoms with Crippen LogP contribution < -0.4 is 4.74 Å². The number of carboxylic acids is 1. The van der Waals surface area contributed by atoms with Gasteiger partial charge in [-0.05, 0) is 24.3 Å². The normalized spacial score (nSPS) is 9.95. The lowest BCUT2D eigenvalue weighted by molar-refractivity contribution is 0.0686. The Labute approximate surface area is 118 Å². The fourth-order valence-electron chi connectivity index (χ4n) is 1.72. The average Bonchev–Trinajstić information content (AvgIpc) is 2.45. The first-order chi connectivity index (χ1) is 10.0. The van der Waals surface area contributed by atoms with Crippen molar-refractivity contribution < 1.29 is 23.4 Å². The van der Waals surface area contributed by atoms with Gasteiger partial charge in [-0.2, -0.15) is 5.26 Å². The summed E-state index contributed by atoms with van der Waals surface area (Å²) in [7, 11) is 0. The molecule has 2 aromatic carbocycles. The summed E-state index contributed by atoms with van der Waals surface area (Å²) >= 11 is 0. The zero-order valence-electron chi connectivity index (χ0n) is 10.6. The summed E-state index contributed by atoms with van der Waals surface area (Å²) < 4.78 is 32.3. The van der Waals surface area contributed by atoms with E-state index in [1.54, 1.807) is 6.07 Å². The fourth-order valence-corrected chi connectivity index (χ4v) is 1.72. The third-order valence-electron chi connectivity index (χ3n) is 2.75. The molecule has 0 spiro atoms. The van der Waals surface area contributed by atoms with Crippen LogP contribution in [-0.2, 0) is 6.61 Å². The highest BCUT2D eigenvalue weighted by Gasteiger charge is 2.17. The molecule has 0 aliphatic carbocycles. The summed E-state index contributed by atoms with van der Waals surface area (Å²) in [4.78, 5) is 11.0. The van der Waals surface area contributed by atoms with E-state index >= 15 is 0 Å². The molecule has 2 aromatic rings. The van der Waals surface area contributed by atoms with Gasteiger partial charge in [0.1, 0.15) is 29.6 Å². The molecular weight excluding hydrogens is 280 g/mol. The third-order valence-corrected chi connectivity index (χ3v) is 2.75. The molecule has 4 nitrogen and oxygen atoms in total. The molecule has 0 aromatic heterocycles. The Bertz CT molecular complexity index is 738. The highest BCUT2D eigenvalue weighted by molar-refractivity contribution is 5.91. The summed E-state index contributed by atoms with van der Waals surface area (Å²) in [5.74, 6) is -3.24. The van der Waals surface area contributed by atoms with Crippen LogP contribution in [-0.4, -0.2) is 11.1 Å². The summed E-state index contributed by atoms with van der Waals surface area (Å²) in [6.45, 7) is -0.277. The molecule has 2 rings (SSSR count). The SMILES string of the molecule is N#Cc1ccc(COc2cccc(F)c2C(=O)O)c(F)c1. The number of halogens is 2. The molecule has 1 N–H and O–H groups in total. The largest absolute Gasteiger partial charge is 0.488 e. The van der Waals surface area contributed by atoms with Gasteiger partial charge in [-0.15, -0.1) is 0 Å². The number of carbonyl (C=O) groups is 1. The lowest BCUT2D eigenvalue weighted by Gasteiger charge is -2.10. The van der Waals surface area contributed by atoms with E-state index < -0.39 is 23.2 Å². The predicted octanol–water partition coefficient (Wildman–Crippen LogP) is 3.11. The number of rotatable bonds is 4. The zero-order valence-corrected chi connectivity index (χ0v) is 10.6. The van der Waals surface area contributed by atoms with Gasteiger partial charge < -0.3 is 9.84 Å². The van der Waals surface area contributed by atoms with Gasteiger partial charge >= 0.3 is 5.97 Å². The topological polar surface area (TPSA) is 70.3 Å². The Balaban J connectivity index is 2.23. The van der Waals surface area contributed by atoms with E-state index in [-0.39, 0.29) is 23.5 Å². The standard InChI is InChI=1S/C15H9F2NO3/c16-11-2-1-3-13(14(11)15(19)20)21-8-10-5-4-9(7-18)6-12(10)17/h1-6H,8H2,(H,19,20). The van der Waals surface area contributed by atoms with E-state index in [0.717, 1.165) is 12.1 Å². The maximum Gasteiger partial charge on any atom is 0.342 e. The quantitative estimate of drug-likeness (QED) is 0.938. The van der Waals surface area contributed by atoms with Gasteiger partial charge in [-0.25, -0.2) is 13.6 Å². The molecular formula is C15H9F2NO3. The van der Waals surface area contributed by atoms with Gasteiger partial charge in [0.25, 0.3) is 0 Å². The molecule has 0 aliphatic heterocycles. The molecule has 6 heteroatoms. The Kier molecular flexibility index (Phi) is 4.14. The Hall–Kier alpha value is -2.94. The summed E-state index contributed by atoms with van der Waals surface area (Å²) in [6, 6.07) is 9.18. The van der Waals surface area contributed by atoms with Crippen molar-refractivity contribution >= 4 is 5.97 Å². The first-order valence-corrected chi connectivity index (χ1v) is 5.86. The second-order valence-electron chi connectivity index (χ2n) is 4.12. The smallest absolute Gasteiger partial charge is 0.342 e. The van der Waals surface area contributed by atoms with Crippen molar-refractivity contribution in [3.05, 3.63) is 64.7 Å². The molecule has 0 atom stereocenters. The Morgan fingerprint density at radius 3 is 2.62 bits per heavy atom. The lowest BCUT2D eigenvalue weighted by Crippen LogP contribution is -2.07. The maximum absolute atomic E-state index is 13.7. The van der Waals surface area contributed by atoms with Crippen molar-refractivity contribution in [1.29, 1.82) is 5.26 Å². The minimum atomic E-state index is -1.47. The number of hydrogen-bond acceptors (Lipinski definition) is 3. The van der Waals surface area contributed by atoms with Gasteiger partial charge in [0, 0.05) is 5.56 Å². The second-order valence-corrected chi connectivity index (χ2v) is 4.12. The first-order valence-electron chi connectivity index (χ1n) is 5.86. The van der Waals surface area contributed by atoms with E-state index in [2.05, 4.69) is 0 Å². The molecule has 0 unspecified atom stereocenters. The van der Waals surface area contributed by atoms with Gasteiger partial charge in [0.15, 0.2) is 0 Å². The molecule has 0 heterocycles. The van der Waals surface area contributed by atoms with Crippen LogP contribution in [0.3, 0.4) is 0 Å². The highest BCUT2D eigenvalue weighted by atomic mass is 19.1. The molecule has 0 saturated carbocycles. The molecule has 0 fully saturated rings. The van der Waals surface area contributed by atoms with Crippen LogP contribution in [0.2, 0.25) is 0 Å². The third kappa shape index (κ3) is 3.15. The van der Waals surface area contributed by atoms with Crippen LogP contribution in [0.5, 0.6) is 5.75 Å². The van der Waals surface area contributed by atoms with Crippen LogP contribution in [0.25, 0.3) is 0 Å². The van der Waals surface area contributed by atoms with E-state index in [1.807, 2.05) is 0 Å². The molecule has 106 valence electrons. The molecule has 0 radical (unpaired) electrons. The van der Waals surface area contributed by atoms with Crippen LogP contribution >= 0.6 is 0 Å². The molecule has 0 bridgehead atoms. The monoisotopic (exact) mass is 289 g/mol. The second kappa shape index (κ2) is 6.01. The summed E-state index contributed by atoms with van der Waals surface area (Å²) in [5.41, 5.74) is -0.311. The average molecular weight is 289 g/mol.